The smallest absolute Gasteiger partial charge is 0.0888 e. The summed E-state index contributed by atoms with van der Waals surface area (Å²) < 4.78 is 5.56. The third-order valence-electron chi connectivity index (χ3n) is 2.91. The Bertz CT molecular complexity index is 135. The van der Waals surface area contributed by atoms with Crippen LogP contribution in [0.3, 0.4) is 0 Å². The van der Waals surface area contributed by atoms with E-state index in [9.17, 15) is 0 Å². The van der Waals surface area contributed by atoms with Crippen molar-refractivity contribution in [2.45, 2.75) is 64.2 Å². The molecule has 0 unspecified atom stereocenters. The average molecular weight is 196 g/mol. The Morgan fingerprint density at radius 2 is 1.21 bits per heavy atom. The highest BCUT2D eigenvalue weighted by Gasteiger charge is 1.98. The Kier molecular flexibility index (Phi) is 6.55. The third kappa shape index (κ3) is 6.06. The van der Waals surface area contributed by atoms with Crippen molar-refractivity contribution in [1.29, 1.82) is 0 Å². The van der Waals surface area contributed by atoms with Gasteiger partial charge >= 0.3 is 0 Å². The van der Waals surface area contributed by atoms with Gasteiger partial charge in [-0.1, -0.05) is 51.5 Å². The molecule has 1 aliphatic heterocycles. The fourth-order valence-corrected chi connectivity index (χ4v) is 1.95. The van der Waals surface area contributed by atoms with Gasteiger partial charge in [-0.3, -0.25) is 0 Å². The molecule has 1 aliphatic rings. The van der Waals surface area contributed by atoms with E-state index in [1.165, 1.54) is 57.8 Å². The van der Waals surface area contributed by atoms with Crippen LogP contribution in [-0.2, 0) is 4.74 Å². The average Bonchev–Trinajstić information content (AvgIpc) is 2.20. The van der Waals surface area contributed by atoms with Gasteiger partial charge in [0.15, 0.2) is 0 Å². The standard InChI is InChI=1S/C13H24O/c1-13-11-9-7-5-3-2-4-6-8-10-12-14-13/h1-12H2. The van der Waals surface area contributed by atoms with Crippen molar-refractivity contribution in [3.8, 4) is 0 Å². The van der Waals surface area contributed by atoms with Crippen LogP contribution in [0.25, 0.3) is 0 Å². The molecule has 0 atom stereocenters. The molecule has 1 fully saturated rings. The van der Waals surface area contributed by atoms with Crippen LogP contribution in [0.15, 0.2) is 12.3 Å². The van der Waals surface area contributed by atoms with Gasteiger partial charge in [-0.2, -0.15) is 0 Å². The number of allylic oxidation sites excluding steroid dienone is 1. The third-order valence-corrected chi connectivity index (χ3v) is 2.91. The van der Waals surface area contributed by atoms with Gasteiger partial charge in [0.1, 0.15) is 0 Å². The van der Waals surface area contributed by atoms with Gasteiger partial charge in [-0.15, -0.1) is 0 Å². The monoisotopic (exact) mass is 196 g/mol. The maximum Gasteiger partial charge on any atom is 0.0888 e. The Morgan fingerprint density at radius 1 is 0.714 bits per heavy atom. The highest BCUT2D eigenvalue weighted by Crippen LogP contribution is 2.15. The number of rotatable bonds is 0. The predicted octanol–water partition coefficient (Wildman–Crippen LogP) is 4.43. The first-order chi connectivity index (χ1) is 6.89. The summed E-state index contributed by atoms with van der Waals surface area (Å²) in [5, 5.41) is 0. The molecule has 0 bridgehead atoms. The molecule has 14 heavy (non-hydrogen) atoms. The van der Waals surface area contributed by atoms with E-state index in [0.29, 0.717) is 0 Å². The molecule has 0 aliphatic carbocycles. The van der Waals surface area contributed by atoms with E-state index in [1.54, 1.807) is 0 Å². The highest BCUT2D eigenvalue weighted by atomic mass is 16.5. The molecule has 1 heterocycles. The molecule has 0 spiro atoms. The summed E-state index contributed by atoms with van der Waals surface area (Å²) in [7, 11) is 0. The van der Waals surface area contributed by atoms with E-state index in [2.05, 4.69) is 6.58 Å². The maximum atomic E-state index is 5.56. The van der Waals surface area contributed by atoms with Crippen LogP contribution in [0, 0.1) is 0 Å². The first kappa shape index (κ1) is 11.6. The Balaban J connectivity index is 2.15. The summed E-state index contributed by atoms with van der Waals surface area (Å²) in [6.45, 7) is 4.83. The van der Waals surface area contributed by atoms with Crippen LogP contribution in [0.2, 0.25) is 0 Å². The second-order valence-electron chi connectivity index (χ2n) is 4.32. The van der Waals surface area contributed by atoms with Crippen molar-refractivity contribution < 1.29 is 4.74 Å². The van der Waals surface area contributed by atoms with E-state index in [1.807, 2.05) is 0 Å². The van der Waals surface area contributed by atoms with Gasteiger partial charge in [0.05, 0.1) is 12.4 Å². The normalized spacial score (nSPS) is 22.7. The zero-order valence-electron chi connectivity index (χ0n) is 9.39. The maximum absolute atomic E-state index is 5.56. The van der Waals surface area contributed by atoms with Gasteiger partial charge in [0, 0.05) is 6.42 Å². The number of hydrogen-bond donors (Lipinski definition) is 0. The summed E-state index contributed by atoms with van der Waals surface area (Å²) >= 11 is 0. The van der Waals surface area contributed by atoms with E-state index < -0.39 is 0 Å². The lowest BCUT2D eigenvalue weighted by Gasteiger charge is -2.07. The van der Waals surface area contributed by atoms with Gasteiger partial charge in [-0.05, 0) is 12.8 Å². The molecule has 0 aromatic carbocycles. The Hall–Kier alpha value is -0.460. The van der Waals surface area contributed by atoms with Crippen molar-refractivity contribution in [3.05, 3.63) is 12.3 Å². The topological polar surface area (TPSA) is 9.23 Å². The largest absolute Gasteiger partial charge is 0.499 e. The first-order valence-electron chi connectivity index (χ1n) is 6.20. The van der Waals surface area contributed by atoms with Crippen LogP contribution >= 0.6 is 0 Å². The molecule has 1 rings (SSSR count). The van der Waals surface area contributed by atoms with Crippen LogP contribution in [0.1, 0.15) is 64.2 Å². The van der Waals surface area contributed by atoms with Crippen molar-refractivity contribution >= 4 is 0 Å². The highest BCUT2D eigenvalue weighted by molar-refractivity contribution is 4.81. The Labute approximate surface area is 88.5 Å². The zero-order valence-corrected chi connectivity index (χ0v) is 9.39. The summed E-state index contributed by atoms with van der Waals surface area (Å²) in [6, 6.07) is 0. The molecular weight excluding hydrogens is 172 g/mol. The van der Waals surface area contributed by atoms with Crippen molar-refractivity contribution in [1.82, 2.24) is 0 Å². The minimum Gasteiger partial charge on any atom is -0.499 e. The molecule has 0 N–H and O–H groups in total. The molecule has 1 saturated heterocycles. The molecule has 82 valence electrons. The molecule has 0 radical (unpaired) electrons. The second-order valence-corrected chi connectivity index (χ2v) is 4.32. The lowest BCUT2D eigenvalue weighted by Crippen LogP contribution is -1.94. The van der Waals surface area contributed by atoms with E-state index >= 15 is 0 Å². The van der Waals surface area contributed by atoms with E-state index in [0.717, 1.165) is 18.8 Å². The molecule has 0 aromatic heterocycles. The van der Waals surface area contributed by atoms with Crippen LogP contribution in [0.5, 0.6) is 0 Å². The lowest BCUT2D eigenvalue weighted by atomic mass is 10.1. The van der Waals surface area contributed by atoms with E-state index in [-0.39, 0.29) is 0 Å². The minimum atomic E-state index is 0.888. The minimum absolute atomic E-state index is 0.888. The fourth-order valence-electron chi connectivity index (χ4n) is 1.95. The number of hydrogen-bond acceptors (Lipinski definition) is 1. The van der Waals surface area contributed by atoms with Crippen molar-refractivity contribution in [2.75, 3.05) is 6.61 Å². The molecule has 1 heteroatoms. The van der Waals surface area contributed by atoms with E-state index in [4.69, 9.17) is 4.74 Å². The number of ether oxygens (including phenoxy) is 1. The predicted molar refractivity (Wildman–Crippen MR) is 61.3 cm³/mol. The van der Waals surface area contributed by atoms with Crippen molar-refractivity contribution in [2.24, 2.45) is 0 Å². The van der Waals surface area contributed by atoms with Crippen molar-refractivity contribution in [3.63, 3.8) is 0 Å². The molecule has 1 nitrogen and oxygen atoms in total. The summed E-state index contributed by atoms with van der Waals surface area (Å²) in [5.74, 6) is 1.00. The van der Waals surface area contributed by atoms with Crippen LogP contribution < -0.4 is 0 Å². The van der Waals surface area contributed by atoms with Crippen LogP contribution in [-0.4, -0.2) is 6.61 Å². The first-order valence-corrected chi connectivity index (χ1v) is 6.20. The molecular formula is C13H24O. The molecule has 0 saturated carbocycles. The van der Waals surface area contributed by atoms with Gasteiger partial charge in [-0.25, -0.2) is 0 Å². The zero-order chi connectivity index (χ0) is 10.1. The summed E-state index contributed by atoms with van der Waals surface area (Å²) in [4.78, 5) is 0. The van der Waals surface area contributed by atoms with Gasteiger partial charge in [0.2, 0.25) is 0 Å². The fraction of sp³-hybridized carbons (Fsp3) is 0.846. The molecule has 0 aromatic rings. The second kappa shape index (κ2) is 7.90. The summed E-state index contributed by atoms with van der Waals surface area (Å²) in [5.41, 5.74) is 0. The SMILES string of the molecule is C=C1CCCCCCCCCCCO1. The van der Waals surface area contributed by atoms with Gasteiger partial charge in [0.25, 0.3) is 0 Å². The quantitative estimate of drug-likeness (QED) is 0.557. The van der Waals surface area contributed by atoms with Crippen LogP contribution in [0.4, 0.5) is 0 Å². The lowest BCUT2D eigenvalue weighted by molar-refractivity contribution is 0.196. The molecule has 0 amide bonds. The summed E-state index contributed by atoms with van der Waals surface area (Å²) in [6.07, 6.45) is 13.3. The van der Waals surface area contributed by atoms with Gasteiger partial charge < -0.3 is 4.74 Å². The Morgan fingerprint density at radius 3 is 1.86 bits per heavy atom.